The van der Waals surface area contributed by atoms with Gasteiger partial charge in [-0.3, -0.25) is 0 Å². The lowest BCUT2D eigenvalue weighted by atomic mass is 9.87. The molecule has 2 aromatic carbocycles. The molecule has 7 nitrogen and oxygen atoms in total. The number of sulfonamides is 1. The van der Waals surface area contributed by atoms with Crippen molar-refractivity contribution in [3.8, 4) is 16.9 Å². The average Bonchev–Trinajstić information content (AvgIpc) is 2.83. The zero-order valence-electron chi connectivity index (χ0n) is 19.2. The van der Waals surface area contributed by atoms with Crippen molar-refractivity contribution < 1.29 is 23.1 Å². The van der Waals surface area contributed by atoms with Crippen LogP contribution in [0, 0.1) is 0 Å². The summed E-state index contributed by atoms with van der Waals surface area (Å²) >= 11 is 0. The van der Waals surface area contributed by atoms with Crippen LogP contribution in [0.15, 0.2) is 65.8 Å². The molecule has 1 atom stereocenters. The maximum absolute atomic E-state index is 13.1. The van der Waals surface area contributed by atoms with Gasteiger partial charge < -0.3 is 9.84 Å². The molecule has 1 aliphatic carbocycles. The van der Waals surface area contributed by atoms with E-state index >= 15 is 0 Å². The molecular weight excluding hydrogens is 452 g/mol. The summed E-state index contributed by atoms with van der Waals surface area (Å²) in [4.78, 5) is 15.1. The molecule has 0 saturated carbocycles. The molecular formula is C26H28N2O5S. The van der Waals surface area contributed by atoms with Gasteiger partial charge >= 0.3 is 5.97 Å². The third-order valence-corrected chi connectivity index (χ3v) is 7.40. The number of carboxylic acid groups (broad SMARTS) is 1. The van der Waals surface area contributed by atoms with Crippen LogP contribution >= 0.6 is 0 Å². The standard InChI is InChI=1S/C26H28N2O5S/c1-17(2)18-6-3-7-19(14-18)20-12-13-25(27-15-20)34(31,32)28-23-10-4-9-22-21(23)8-5-11-24(22)33-16-26(29)30/h3,5-8,11-15,17,23,28H,4,9-10,16H2,1-2H3,(H,29,30)/t23-/m1/s1. The van der Waals surface area contributed by atoms with Gasteiger partial charge in [0.1, 0.15) is 5.75 Å². The Morgan fingerprint density at radius 1 is 1.15 bits per heavy atom. The Morgan fingerprint density at radius 2 is 1.94 bits per heavy atom. The number of aromatic nitrogens is 1. The van der Waals surface area contributed by atoms with Crippen LogP contribution < -0.4 is 9.46 Å². The highest BCUT2D eigenvalue weighted by Gasteiger charge is 2.28. The van der Waals surface area contributed by atoms with Crippen molar-refractivity contribution in [2.45, 2.75) is 50.1 Å². The Kier molecular flexibility index (Phi) is 7.00. The van der Waals surface area contributed by atoms with E-state index in [1.165, 1.54) is 11.6 Å². The number of benzene rings is 2. The molecule has 8 heteroatoms. The second-order valence-corrected chi connectivity index (χ2v) is 10.4. The maximum atomic E-state index is 13.1. The first-order chi connectivity index (χ1) is 16.2. The molecule has 1 heterocycles. The van der Waals surface area contributed by atoms with Gasteiger partial charge in [-0.15, -0.1) is 0 Å². The van der Waals surface area contributed by atoms with Crippen LogP contribution in [0.2, 0.25) is 0 Å². The zero-order valence-corrected chi connectivity index (χ0v) is 20.0. The Labute approximate surface area is 199 Å². The molecule has 1 aliphatic rings. The lowest BCUT2D eigenvalue weighted by Gasteiger charge is -2.27. The summed E-state index contributed by atoms with van der Waals surface area (Å²) < 4.78 is 34.4. The molecule has 0 saturated heterocycles. The van der Waals surface area contributed by atoms with Gasteiger partial charge in [0.25, 0.3) is 10.0 Å². The summed E-state index contributed by atoms with van der Waals surface area (Å²) in [5.74, 6) is -0.184. The van der Waals surface area contributed by atoms with E-state index in [0.717, 1.165) is 28.7 Å². The van der Waals surface area contributed by atoms with Crippen LogP contribution in [0.1, 0.15) is 55.3 Å². The second kappa shape index (κ2) is 9.95. The number of ether oxygens (including phenoxy) is 1. The minimum atomic E-state index is -3.86. The molecule has 34 heavy (non-hydrogen) atoms. The summed E-state index contributed by atoms with van der Waals surface area (Å²) in [6.45, 7) is 3.82. The minimum Gasteiger partial charge on any atom is -0.482 e. The fourth-order valence-electron chi connectivity index (χ4n) is 4.25. The first-order valence-electron chi connectivity index (χ1n) is 11.3. The summed E-state index contributed by atoms with van der Waals surface area (Å²) in [6, 6.07) is 16.3. The molecule has 0 amide bonds. The number of nitrogens with zero attached hydrogens (tertiary/aromatic N) is 1. The van der Waals surface area contributed by atoms with Crippen LogP contribution in [0.5, 0.6) is 5.75 Å². The van der Waals surface area contributed by atoms with E-state index in [2.05, 4.69) is 35.7 Å². The third kappa shape index (κ3) is 5.29. The van der Waals surface area contributed by atoms with Crippen molar-refractivity contribution in [2.24, 2.45) is 0 Å². The Balaban J connectivity index is 1.55. The highest BCUT2D eigenvalue weighted by molar-refractivity contribution is 7.89. The minimum absolute atomic E-state index is 0.0401. The van der Waals surface area contributed by atoms with Crippen molar-refractivity contribution in [1.29, 1.82) is 0 Å². The van der Waals surface area contributed by atoms with E-state index in [4.69, 9.17) is 9.84 Å². The fraction of sp³-hybridized carbons (Fsp3) is 0.308. The normalized spacial score (nSPS) is 15.7. The van der Waals surface area contributed by atoms with Crippen LogP contribution in [-0.4, -0.2) is 31.1 Å². The van der Waals surface area contributed by atoms with E-state index < -0.39 is 28.6 Å². The molecule has 1 aromatic heterocycles. The highest BCUT2D eigenvalue weighted by Crippen LogP contribution is 2.36. The van der Waals surface area contributed by atoms with E-state index in [0.29, 0.717) is 24.5 Å². The highest BCUT2D eigenvalue weighted by atomic mass is 32.2. The van der Waals surface area contributed by atoms with E-state index in [9.17, 15) is 13.2 Å². The molecule has 4 rings (SSSR count). The number of hydrogen-bond acceptors (Lipinski definition) is 5. The first-order valence-corrected chi connectivity index (χ1v) is 12.8. The number of pyridine rings is 1. The van der Waals surface area contributed by atoms with Gasteiger partial charge in [0, 0.05) is 17.8 Å². The first kappa shape index (κ1) is 23.9. The zero-order chi connectivity index (χ0) is 24.3. The van der Waals surface area contributed by atoms with Gasteiger partial charge in [-0.2, -0.15) is 0 Å². The van der Waals surface area contributed by atoms with Gasteiger partial charge in [-0.05, 0) is 65.6 Å². The van der Waals surface area contributed by atoms with Crippen LogP contribution in [0.3, 0.4) is 0 Å². The predicted octanol–water partition coefficient (Wildman–Crippen LogP) is 4.69. The molecule has 178 valence electrons. The summed E-state index contributed by atoms with van der Waals surface area (Å²) in [7, 11) is -3.86. The molecule has 0 unspecified atom stereocenters. The monoisotopic (exact) mass is 480 g/mol. The Morgan fingerprint density at radius 3 is 2.65 bits per heavy atom. The number of carbonyl (C=O) groups is 1. The molecule has 0 bridgehead atoms. The predicted molar refractivity (Wildman–Crippen MR) is 129 cm³/mol. The van der Waals surface area contributed by atoms with Gasteiger partial charge in [-0.25, -0.2) is 22.9 Å². The summed E-state index contributed by atoms with van der Waals surface area (Å²) in [6.07, 6.45) is 3.67. The Hall–Kier alpha value is -3.23. The molecule has 0 fully saturated rings. The molecule has 0 aliphatic heterocycles. The van der Waals surface area contributed by atoms with Crippen LogP contribution in [-0.2, 0) is 21.2 Å². The number of aliphatic carboxylic acids is 1. The van der Waals surface area contributed by atoms with Gasteiger partial charge in [0.15, 0.2) is 11.6 Å². The number of nitrogens with one attached hydrogen (secondary N) is 1. The SMILES string of the molecule is CC(C)c1cccc(-c2ccc(S(=O)(=O)N[C@@H]3CCCc4c(OCC(=O)O)cccc43)nc2)c1. The summed E-state index contributed by atoms with van der Waals surface area (Å²) in [5.41, 5.74) is 4.70. The molecule has 3 aromatic rings. The van der Waals surface area contributed by atoms with Crippen molar-refractivity contribution in [2.75, 3.05) is 6.61 Å². The smallest absolute Gasteiger partial charge is 0.341 e. The molecule has 2 N–H and O–H groups in total. The van der Waals surface area contributed by atoms with Gasteiger partial charge in [0.05, 0.1) is 0 Å². The van der Waals surface area contributed by atoms with Gasteiger partial charge in [-0.1, -0.05) is 50.2 Å². The van der Waals surface area contributed by atoms with E-state index in [1.807, 2.05) is 18.2 Å². The van der Waals surface area contributed by atoms with Crippen molar-refractivity contribution in [1.82, 2.24) is 9.71 Å². The number of carboxylic acids is 1. The molecule has 0 radical (unpaired) electrons. The summed E-state index contributed by atoms with van der Waals surface area (Å²) in [5, 5.41) is 8.88. The van der Waals surface area contributed by atoms with Gasteiger partial charge in [0.2, 0.25) is 0 Å². The van der Waals surface area contributed by atoms with Crippen LogP contribution in [0.4, 0.5) is 0 Å². The lowest BCUT2D eigenvalue weighted by molar-refractivity contribution is -0.139. The second-order valence-electron chi connectivity index (χ2n) is 8.74. The maximum Gasteiger partial charge on any atom is 0.341 e. The topological polar surface area (TPSA) is 106 Å². The number of hydrogen-bond donors (Lipinski definition) is 2. The Bertz CT molecular complexity index is 1290. The van der Waals surface area contributed by atoms with Crippen LogP contribution in [0.25, 0.3) is 11.1 Å². The quantitative estimate of drug-likeness (QED) is 0.485. The van der Waals surface area contributed by atoms with E-state index in [1.54, 1.807) is 24.4 Å². The lowest BCUT2D eigenvalue weighted by Crippen LogP contribution is -2.31. The molecule has 0 spiro atoms. The third-order valence-electron chi connectivity index (χ3n) is 6.01. The number of fused-ring (bicyclic) bond motifs is 1. The average molecular weight is 481 g/mol. The number of rotatable bonds is 8. The van der Waals surface area contributed by atoms with E-state index in [-0.39, 0.29) is 5.03 Å². The van der Waals surface area contributed by atoms with Crippen molar-refractivity contribution in [3.63, 3.8) is 0 Å². The van der Waals surface area contributed by atoms with Crippen molar-refractivity contribution in [3.05, 3.63) is 77.5 Å². The van der Waals surface area contributed by atoms with Crippen molar-refractivity contribution >= 4 is 16.0 Å². The fourth-order valence-corrected chi connectivity index (χ4v) is 5.43. The largest absolute Gasteiger partial charge is 0.482 e.